The fourth-order valence-electron chi connectivity index (χ4n) is 3.26. The van der Waals surface area contributed by atoms with Crippen molar-refractivity contribution in [3.05, 3.63) is 72.1 Å². The van der Waals surface area contributed by atoms with Gasteiger partial charge in [-0.3, -0.25) is 4.79 Å². The van der Waals surface area contributed by atoms with Crippen LogP contribution in [0, 0.1) is 5.82 Å². The number of hydrogen-bond acceptors (Lipinski definition) is 2. The first-order valence-corrected chi connectivity index (χ1v) is 9.10. The molecule has 0 spiro atoms. The van der Waals surface area contributed by atoms with Gasteiger partial charge in [-0.2, -0.15) is 0 Å². The molecular formula is C21H24FN3O. The minimum Gasteiger partial charge on any atom is -0.356 e. The highest BCUT2D eigenvalue weighted by Crippen LogP contribution is 2.25. The third kappa shape index (κ3) is 4.48. The Balaban J connectivity index is 1.54. The van der Waals surface area contributed by atoms with E-state index in [-0.39, 0.29) is 17.6 Å². The molecule has 26 heavy (non-hydrogen) atoms. The van der Waals surface area contributed by atoms with Crippen LogP contribution < -0.4 is 5.32 Å². The Hall–Kier alpha value is -2.69. The van der Waals surface area contributed by atoms with Crippen LogP contribution in [0.2, 0.25) is 0 Å². The maximum atomic E-state index is 13.1. The summed E-state index contributed by atoms with van der Waals surface area (Å²) in [5.41, 5.74) is 2.07. The molecule has 0 saturated heterocycles. The van der Waals surface area contributed by atoms with Crippen molar-refractivity contribution in [3.63, 3.8) is 0 Å². The quantitative estimate of drug-likeness (QED) is 0.662. The molecule has 0 aliphatic heterocycles. The normalized spacial score (nSPS) is 12.2. The Kier molecular flexibility index (Phi) is 6.00. The minimum absolute atomic E-state index is 0.0219. The lowest BCUT2D eigenvalue weighted by Gasteiger charge is -2.16. The number of imidazole rings is 1. The molecule has 5 heteroatoms. The molecule has 2 aromatic heterocycles. The summed E-state index contributed by atoms with van der Waals surface area (Å²) in [6, 6.07) is 12.4. The van der Waals surface area contributed by atoms with Gasteiger partial charge in [0, 0.05) is 25.6 Å². The minimum atomic E-state index is -0.250. The summed E-state index contributed by atoms with van der Waals surface area (Å²) in [5.74, 6) is 0.825. The maximum absolute atomic E-state index is 13.1. The van der Waals surface area contributed by atoms with Crippen LogP contribution in [0.5, 0.6) is 0 Å². The average Bonchev–Trinajstić information content (AvgIpc) is 3.05. The van der Waals surface area contributed by atoms with Crippen molar-refractivity contribution in [3.8, 4) is 0 Å². The molecule has 0 bridgehead atoms. The zero-order valence-corrected chi connectivity index (χ0v) is 15.0. The van der Waals surface area contributed by atoms with Gasteiger partial charge in [0.25, 0.3) is 0 Å². The van der Waals surface area contributed by atoms with Crippen LogP contribution in [0.3, 0.4) is 0 Å². The van der Waals surface area contributed by atoms with E-state index in [1.165, 1.54) is 12.1 Å². The van der Waals surface area contributed by atoms with Crippen molar-refractivity contribution < 1.29 is 9.18 Å². The number of benzene rings is 1. The van der Waals surface area contributed by atoms with Gasteiger partial charge in [-0.05, 0) is 42.2 Å². The fourth-order valence-corrected chi connectivity index (χ4v) is 3.26. The predicted molar refractivity (Wildman–Crippen MR) is 101 cm³/mol. The zero-order chi connectivity index (χ0) is 18.4. The summed E-state index contributed by atoms with van der Waals surface area (Å²) >= 11 is 0. The summed E-state index contributed by atoms with van der Waals surface area (Å²) in [4.78, 5) is 16.8. The second-order valence-corrected chi connectivity index (χ2v) is 6.51. The van der Waals surface area contributed by atoms with Crippen molar-refractivity contribution in [2.45, 2.75) is 38.5 Å². The third-order valence-corrected chi connectivity index (χ3v) is 4.60. The van der Waals surface area contributed by atoms with Crippen LogP contribution in [0.4, 0.5) is 4.39 Å². The lowest BCUT2D eigenvalue weighted by molar-refractivity contribution is -0.121. The number of halogens is 1. The van der Waals surface area contributed by atoms with E-state index in [1.54, 1.807) is 12.1 Å². The molecule has 1 unspecified atom stereocenters. The molecule has 0 aliphatic carbocycles. The lowest BCUT2D eigenvalue weighted by Crippen LogP contribution is -2.27. The molecule has 3 aromatic rings. The smallest absolute Gasteiger partial charge is 0.220 e. The van der Waals surface area contributed by atoms with E-state index in [1.807, 2.05) is 35.0 Å². The molecule has 1 aromatic carbocycles. The maximum Gasteiger partial charge on any atom is 0.220 e. The summed E-state index contributed by atoms with van der Waals surface area (Å²) < 4.78 is 15.2. The largest absolute Gasteiger partial charge is 0.356 e. The van der Waals surface area contributed by atoms with Crippen LogP contribution in [0.15, 0.2) is 54.9 Å². The predicted octanol–water partition coefficient (Wildman–Crippen LogP) is 4.11. The second kappa shape index (κ2) is 8.61. The molecule has 1 amide bonds. The van der Waals surface area contributed by atoms with Crippen molar-refractivity contribution >= 4 is 11.4 Å². The summed E-state index contributed by atoms with van der Waals surface area (Å²) in [6.45, 7) is 2.65. The van der Waals surface area contributed by atoms with Gasteiger partial charge in [0.05, 0.1) is 11.7 Å². The Morgan fingerprint density at radius 2 is 2.04 bits per heavy atom. The number of carbonyl (C=O) groups is 1. The number of nitrogens with one attached hydrogen (secondary N) is 1. The summed E-state index contributed by atoms with van der Waals surface area (Å²) in [6.07, 6.45) is 6.80. The number of nitrogens with zero attached hydrogens (tertiary/aromatic N) is 2. The van der Waals surface area contributed by atoms with Gasteiger partial charge in [0.15, 0.2) is 0 Å². The second-order valence-electron chi connectivity index (χ2n) is 6.51. The number of fused-ring (bicyclic) bond motifs is 1. The molecule has 1 N–H and O–H groups in total. The summed E-state index contributed by atoms with van der Waals surface area (Å²) in [7, 11) is 0. The van der Waals surface area contributed by atoms with E-state index in [0.29, 0.717) is 19.4 Å². The molecule has 0 radical (unpaired) electrons. The standard InChI is InChI=1S/C21H24FN3O/c1-2-5-17(16-7-9-18(22)10-8-16)14-21(26)23-12-11-20-24-15-19-6-3-4-13-25(19)20/h3-4,6-10,13,15,17H,2,5,11-12,14H2,1H3,(H,23,26). The monoisotopic (exact) mass is 353 g/mol. The van der Waals surface area contributed by atoms with E-state index in [4.69, 9.17) is 0 Å². The van der Waals surface area contributed by atoms with Crippen molar-refractivity contribution in [1.82, 2.24) is 14.7 Å². The highest BCUT2D eigenvalue weighted by atomic mass is 19.1. The van der Waals surface area contributed by atoms with Crippen LogP contribution in [0.1, 0.15) is 43.5 Å². The first kappa shape index (κ1) is 18.1. The molecule has 136 valence electrons. The Labute approximate surface area is 153 Å². The Bertz CT molecular complexity index is 857. The fraction of sp³-hybridized carbons (Fsp3) is 0.333. The number of hydrogen-bond donors (Lipinski definition) is 1. The molecule has 4 nitrogen and oxygen atoms in total. The third-order valence-electron chi connectivity index (χ3n) is 4.60. The number of rotatable bonds is 8. The van der Waals surface area contributed by atoms with Crippen LogP contribution in [0.25, 0.3) is 5.52 Å². The lowest BCUT2D eigenvalue weighted by atomic mass is 9.91. The first-order valence-electron chi connectivity index (χ1n) is 9.10. The van der Waals surface area contributed by atoms with Gasteiger partial charge in [-0.15, -0.1) is 0 Å². The van der Waals surface area contributed by atoms with Crippen molar-refractivity contribution in [1.29, 1.82) is 0 Å². The van der Waals surface area contributed by atoms with Crippen LogP contribution >= 0.6 is 0 Å². The van der Waals surface area contributed by atoms with Gasteiger partial charge >= 0.3 is 0 Å². The highest BCUT2D eigenvalue weighted by Gasteiger charge is 2.15. The number of pyridine rings is 1. The molecule has 0 saturated carbocycles. The van der Waals surface area contributed by atoms with Gasteiger partial charge in [-0.1, -0.05) is 31.5 Å². The molecule has 0 fully saturated rings. The SMILES string of the molecule is CCCC(CC(=O)NCCc1ncc2ccccn12)c1ccc(F)cc1. The summed E-state index contributed by atoms with van der Waals surface area (Å²) in [5, 5.41) is 2.99. The van der Waals surface area contributed by atoms with E-state index >= 15 is 0 Å². The van der Waals surface area contributed by atoms with Crippen LogP contribution in [-0.2, 0) is 11.2 Å². The topological polar surface area (TPSA) is 46.4 Å². The van der Waals surface area contributed by atoms with Gasteiger partial charge in [0.1, 0.15) is 11.6 Å². The van der Waals surface area contributed by atoms with E-state index in [9.17, 15) is 9.18 Å². The van der Waals surface area contributed by atoms with Crippen LogP contribution in [-0.4, -0.2) is 21.8 Å². The molecule has 0 aliphatic rings. The van der Waals surface area contributed by atoms with Gasteiger partial charge in [0.2, 0.25) is 5.91 Å². The number of amides is 1. The van der Waals surface area contributed by atoms with Crippen molar-refractivity contribution in [2.24, 2.45) is 0 Å². The Morgan fingerprint density at radius 1 is 1.23 bits per heavy atom. The molecule has 2 heterocycles. The van der Waals surface area contributed by atoms with E-state index in [0.717, 1.165) is 29.7 Å². The van der Waals surface area contributed by atoms with Gasteiger partial charge < -0.3 is 9.72 Å². The average molecular weight is 353 g/mol. The van der Waals surface area contributed by atoms with E-state index < -0.39 is 0 Å². The Morgan fingerprint density at radius 3 is 2.81 bits per heavy atom. The van der Waals surface area contributed by atoms with Crippen molar-refractivity contribution in [2.75, 3.05) is 6.54 Å². The number of carbonyl (C=O) groups excluding carboxylic acids is 1. The number of aromatic nitrogens is 2. The first-order chi connectivity index (χ1) is 12.7. The molecular weight excluding hydrogens is 329 g/mol. The zero-order valence-electron chi connectivity index (χ0n) is 15.0. The highest BCUT2D eigenvalue weighted by molar-refractivity contribution is 5.76. The molecule has 1 atom stereocenters. The van der Waals surface area contributed by atoms with E-state index in [2.05, 4.69) is 17.2 Å². The van der Waals surface area contributed by atoms with Gasteiger partial charge in [-0.25, -0.2) is 9.37 Å². The molecule has 3 rings (SSSR count).